The number of methoxy groups -OCH3 is 1. The van der Waals surface area contributed by atoms with E-state index in [2.05, 4.69) is 6.58 Å². The lowest BCUT2D eigenvalue weighted by Crippen LogP contribution is -2.05. The molecule has 0 spiro atoms. The third kappa shape index (κ3) is 6.86. The van der Waals surface area contributed by atoms with E-state index in [9.17, 15) is 9.59 Å². The molecule has 1 aromatic carbocycles. The van der Waals surface area contributed by atoms with E-state index in [0.29, 0.717) is 24.7 Å². The Kier molecular flexibility index (Phi) is 8.28. The van der Waals surface area contributed by atoms with Crippen LogP contribution in [-0.4, -0.2) is 37.4 Å². The number of hydrogen-bond donors (Lipinski definition) is 1. The minimum atomic E-state index is -1.04. The third-order valence-electron chi connectivity index (χ3n) is 3.13. The molecule has 0 aliphatic heterocycles. The van der Waals surface area contributed by atoms with Crippen molar-refractivity contribution in [3.63, 3.8) is 0 Å². The number of benzene rings is 1. The van der Waals surface area contributed by atoms with Crippen LogP contribution in [0.25, 0.3) is 0 Å². The van der Waals surface area contributed by atoms with E-state index >= 15 is 0 Å². The van der Waals surface area contributed by atoms with Crippen molar-refractivity contribution in [2.24, 2.45) is 0 Å². The number of carboxylic acids is 1. The molecule has 0 saturated carbocycles. The predicted octanol–water partition coefficient (Wildman–Crippen LogP) is 3.06. The average molecular weight is 322 g/mol. The number of esters is 1. The Hall–Kier alpha value is -2.50. The third-order valence-corrected chi connectivity index (χ3v) is 3.13. The van der Waals surface area contributed by atoms with Gasteiger partial charge in [-0.3, -0.25) is 0 Å². The molecule has 1 rings (SSSR count). The van der Waals surface area contributed by atoms with Gasteiger partial charge >= 0.3 is 11.9 Å². The maximum atomic E-state index is 11.1. The lowest BCUT2D eigenvalue weighted by atomic mass is 10.2. The van der Waals surface area contributed by atoms with Gasteiger partial charge in [-0.15, -0.1) is 0 Å². The number of hydrogen-bond acceptors (Lipinski definition) is 5. The number of carbonyl (C=O) groups is 2. The second kappa shape index (κ2) is 10.3. The molecule has 0 atom stereocenters. The molecule has 1 aromatic rings. The molecule has 0 unspecified atom stereocenters. The summed E-state index contributed by atoms with van der Waals surface area (Å²) in [5.41, 5.74) is 0.113. The summed E-state index contributed by atoms with van der Waals surface area (Å²) in [5.74, 6) is -0.593. The van der Waals surface area contributed by atoms with Gasteiger partial charge in [-0.05, 0) is 37.8 Å². The van der Waals surface area contributed by atoms with Crippen LogP contribution in [0.15, 0.2) is 30.9 Å². The van der Waals surface area contributed by atoms with Crippen molar-refractivity contribution in [2.45, 2.75) is 25.7 Å². The van der Waals surface area contributed by atoms with Crippen LogP contribution in [-0.2, 0) is 9.53 Å². The minimum absolute atomic E-state index is 0.113. The maximum Gasteiger partial charge on any atom is 0.339 e. The number of unbranched alkanes of at least 4 members (excludes halogenated alkanes) is 3. The van der Waals surface area contributed by atoms with E-state index in [-0.39, 0.29) is 5.56 Å². The van der Waals surface area contributed by atoms with Gasteiger partial charge < -0.3 is 19.3 Å². The van der Waals surface area contributed by atoms with E-state index < -0.39 is 11.9 Å². The van der Waals surface area contributed by atoms with Crippen LogP contribution in [0.4, 0.5) is 0 Å². The SMILES string of the molecule is C=CC(=O)OCCCCCCOc1cc(OC)ccc1C(=O)O. The van der Waals surface area contributed by atoms with Gasteiger partial charge in [-0.25, -0.2) is 9.59 Å². The molecule has 1 N–H and O–H groups in total. The summed E-state index contributed by atoms with van der Waals surface area (Å²) in [6.45, 7) is 4.12. The summed E-state index contributed by atoms with van der Waals surface area (Å²) in [6.07, 6.45) is 4.50. The van der Waals surface area contributed by atoms with E-state index in [4.69, 9.17) is 19.3 Å². The molecule has 0 aromatic heterocycles. The highest BCUT2D eigenvalue weighted by Crippen LogP contribution is 2.25. The summed E-state index contributed by atoms with van der Waals surface area (Å²) in [4.78, 5) is 22.0. The first-order valence-electron chi connectivity index (χ1n) is 7.41. The predicted molar refractivity (Wildman–Crippen MR) is 85.1 cm³/mol. The van der Waals surface area contributed by atoms with Crippen molar-refractivity contribution in [2.75, 3.05) is 20.3 Å². The molecule has 0 fully saturated rings. The number of aromatic carboxylic acids is 1. The zero-order valence-electron chi connectivity index (χ0n) is 13.2. The molecule has 0 aliphatic rings. The van der Waals surface area contributed by atoms with Crippen molar-refractivity contribution < 1.29 is 28.9 Å². The Morgan fingerprint density at radius 2 is 1.87 bits per heavy atom. The summed E-state index contributed by atoms with van der Waals surface area (Å²) in [7, 11) is 1.51. The van der Waals surface area contributed by atoms with Gasteiger partial charge in [0, 0.05) is 12.1 Å². The molecule has 6 nitrogen and oxygen atoms in total. The van der Waals surface area contributed by atoms with Crippen molar-refractivity contribution in [1.82, 2.24) is 0 Å². The van der Waals surface area contributed by atoms with Crippen molar-refractivity contribution in [1.29, 1.82) is 0 Å². The fourth-order valence-electron chi connectivity index (χ4n) is 1.90. The average Bonchev–Trinajstić information content (AvgIpc) is 2.56. The molecule has 0 amide bonds. The summed E-state index contributed by atoms with van der Waals surface area (Å²) < 4.78 is 15.5. The van der Waals surface area contributed by atoms with E-state index in [1.54, 1.807) is 12.1 Å². The molecular weight excluding hydrogens is 300 g/mol. The van der Waals surface area contributed by atoms with Crippen LogP contribution >= 0.6 is 0 Å². The highest BCUT2D eigenvalue weighted by Gasteiger charge is 2.12. The van der Waals surface area contributed by atoms with Crippen molar-refractivity contribution >= 4 is 11.9 Å². The van der Waals surface area contributed by atoms with E-state index in [0.717, 1.165) is 31.8 Å². The Bertz CT molecular complexity index is 538. The Balaban J connectivity index is 2.29. The van der Waals surface area contributed by atoms with Gasteiger partial charge in [-0.2, -0.15) is 0 Å². The topological polar surface area (TPSA) is 82.1 Å². The molecule has 0 bridgehead atoms. The van der Waals surface area contributed by atoms with Gasteiger partial charge in [0.25, 0.3) is 0 Å². The Morgan fingerprint density at radius 1 is 1.17 bits per heavy atom. The Morgan fingerprint density at radius 3 is 2.48 bits per heavy atom. The lowest BCUT2D eigenvalue weighted by molar-refractivity contribution is -0.137. The molecule has 6 heteroatoms. The second-order valence-corrected chi connectivity index (χ2v) is 4.80. The molecule has 23 heavy (non-hydrogen) atoms. The van der Waals surface area contributed by atoms with Crippen LogP contribution in [0, 0.1) is 0 Å². The van der Waals surface area contributed by atoms with Gasteiger partial charge in [0.2, 0.25) is 0 Å². The smallest absolute Gasteiger partial charge is 0.339 e. The summed E-state index contributed by atoms with van der Waals surface area (Å²) in [6, 6.07) is 4.61. The normalized spacial score (nSPS) is 9.96. The summed E-state index contributed by atoms with van der Waals surface area (Å²) in [5, 5.41) is 9.12. The largest absolute Gasteiger partial charge is 0.497 e. The van der Waals surface area contributed by atoms with Crippen LogP contribution in [0.2, 0.25) is 0 Å². The zero-order valence-corrected chi connectivity index (χ0v) is 13.2. The zero-order chi connectivity index (χ0) is 17.1. The molecule has 0 radical (unpaired) electrons. The van der Waals surface area contributed by atoms with Gasteiger partial charge in [0.05, 0.1) is 20.3 Å². The summed E-state index contributed by atoms with van der Waals surface area (Å²) >= 11 is 0. The first kappa shape index (κ1) is 18.5. The number of rotatable bonds is 11. The van der Waals surface area contributed by atoms with E-state index in [1.807, 2.05) is 0 Å². The van der Waals surface area contributed by atoms with E-state index in [1.165, 1.54) is 13.2 Å². The Labute approximate surface area is 135 Å². The van der Waals surface area contributed by atoms with Crippen LogP contribution < -0.4 is 9.47 Å². The number of carboxylic acid groups (broad SMARTS) is 1. The highest BCUT2D eigenvalue weighted by molar-refractivity contribution is 5.91. The molecular formula is C17H22O6. The molecule has 126 valence electrons. The van der Waals surface area contributed by atoms with Gasteiger partial charge in [0.15, 0.2) is 0 Å². The standard InChI is InChI=1S/C17H22O6/c1-3-16(18)23-11-7-5-4-6-10-22-15-12-13(21-2)8-9-14(15)17(19)20/h3,8-9,12H,1,4-7,10-11H2,2H3,(H,19,20). The quantitative estimate of drug-likeness (QED) is 0.383. The monoisotopic (exact) mass is 322 g/mol. The first-order valence-corrected chi connectivity index (χ1v) is 7.41. The number of carbonyl (C=O) groups excluding carboxylic acids is 1. The number of ether oxygens (including phenoxy) is 3. The fraction of sp³-hybridized carbons (Fsp3) is 0.412. The van der Waals surface area contributed by atoms with Crippen LogP contribution in [0.5, 0.6) is 11.5 Å². The lowest BCUT2D eigenvalue weighted by Gasteiger charge is -2.10. The van der Waals surface area contributed by atoms with Crippen molar-refractivity contribution in [3.8, 4) is 11.5 Å². The fourth-order valence-corrected chi connectivity index (χ4v) is 1.90. The van der Waals surface area contributed by atoms with Gasteiger partial charge in [-0.1, -0.05) is 6.58 Å². The first-order chi connectivity index (χ1) is 11.1. The second-order valence-electron chi connectivity index (χ2n) is 4.80. The maximum absolute atomic E-state index is 11.1. The van der Waals surface area contributed by atoms with Crippen LogP contribution in [0.3, 0.4) is 0 Å². The minimum Gasteiger partial charge on any atom is -0.497 e. The van der Waals surface area contributed by atoms with Crippen LogP contribution in [0.1, 0.15) is 36.0 Å². The molecule has 0 aliphatic carbocycles. The van der Waals surface area contributed by atoms with Gasteiger partial charge in [0.1, 0.15) is 17.1 Å². The molecule has 0 saturated heterocycles. The molecule has 0 heterocycles. The highest BCUT2D eigenvalue weighted by atomic mass is 16.5. The van der Waals surface area contributed by atoms with Crippen molar-refractivity contribution in [3.05, 3.63) is 36.4 Å².